The number of benzene rings is 1. The molecule has 3 heterocycles. The van der Waals surface area contributed by atoms with Crippen LogP contribution in [0.4, 0.5) is 4.39 Å². The van der Waals surface area contributed by atoms with Crippen molar-refractivity contribution in [3.8, 4) is 11.3 Å². The standard InChI is InChI=1S/C20H27FN4.2ClH/c21-19-3-1-17(2-4-19)20-18(13-23-24-20)14-25-11-7-16(8-12-25)15-5-9-22-10-6-15;;/h1-4,13,15-16,22H,5-12,14H2,(H,23,24);2*1H. The van der Waals surface area contributed by atoms with Gasteiger partial charge in [-0.1, -0.05) is 0 Å². The fourth-order valence-corrected chi connectivity index (χ4v) is 4.44. The van der Waals surface area contributed by atoms with E-state index in [0.29, 0.717) is 0 Å². The van der Waals surface area contributed by atoms with Gasteiger partial charge in [0.1, 0.15) is 5.82 Å². The van der Waals surface area contributed by atoms with Crippen LogP contribution in [0, 0.1) is 17.7 Å². The second-order valence-electron chi connectivity index (χ2n) is 7.48. The van der Waals surface area contributed by atoms with Crippen LogP contribution >= 0.6 is 24.8 Å². The first-order chi connectivity index (χ1) is 12.3. The number of nitrogens with one attached hydrogen (secondary N) is 2. The maximum Gasteiger partial charge on any atom is 0.123 e. The zero-order chi connectivity index (χ0) is 17.1. The van der Waals surface area contributed by atoms with Gasteiger partial charge in [0.25, 0.3) is 0 Å². The van der Waals surface area contributed by atoms with Gasteiger partial charge in [-0.2, -0.15) is 5.10 Å². The molecule has 1 aromatic carbocycles. The van der Waals surface area contributed by atoms with Crippen LogP contribution in [0.25, 0.3) is 11.3 Å². The number of aromatic amines is 1. The summed E-state index contributed by atoms with van der Waals surface area (Å²) in [5.74, 6) is 1.62. The number of likely N-dealkylation sites (tertiary alicyclic amines) is 1. The normalized spacial score (nSPS) is 19.3. The molecular formula is C20H29Cl2FN4. The summed E-state index contributed by atoms with van der Waals surface area (Å²) in [6.45, 7) is 5.65. The molecule has 0 spiro atoms. The number of hydrogen-bond donors (Lipinski definition) is 2. The Morgan fingerprint density at radius 3 is 2.26 bits per heavy atom. The number of piperidine rings is 2. The fraction of sp³-hybridized carbons (Fsp3) is 0.550. The van der Waals surface area contributed by atoms with E-state index in [1.54, 1.807) is 0 Å². The molecule has 0 saturated carbocycles. The summed E-state index contributed by atoms with van der Waals surface area (Å²) in [6, 6.07) is 6.64. The van der Waals surface area contributed by atoms with Gasteiger partial charge < -0.3 is 5.32 Å². The lowest BCUT2D eigenvalue weighted by Gasteiger charge is -2.37. The van der Waals surface area contributed by atoms with Crippen molar-refractivity contribution in [2.45, 2.75) is 32.2 Å². The van der Waals surface area contributed by atoms with Crippen molar-refractivity contribution >= 4 is 24.8 Å². The minimum absolute atomic E-state index is 0. The van der Waals surface area contributed by atoms with Gasteiger partial charge in [0, 0.05) is 17.7 Å². The Morgan fingerprint density at radius 2 is 1.59 bits per heavy atom. The summed E-state index contributed by atoms with van der Waals surface area (Å²) in [5, 5.41) is 10.8. The Balaban J connectivity index is 0.00000131. The fourth-order valence-electron chi connectivity index (χ4n) is 4.44. The highest BCUT2D eigenvalue weighted by atomic mass is 35.5. The zero-order valence-electron chi connectivity index (χ0n) is 15.5. The molecule has 0 amide bonds. The third kappa shape index (κ3) is 5.44. The smallest absolute Gasteiger partial charge is 0.123 e. The number of rotatable bonds is 4. The molecule has 27 heavy (non-hydrogen) atoms. The molecular weight excluding hydrogens is 386 g/mol. The number of aromatic nitrogens is 2. The van der Waals surface area contributed by atoms with Gasteiger partial charge in [-0.05, 0) is 88.0 Å². The Kier molecular flexibility index (Phi) is 8.55. The number of halogens is 3. The molecule has 2 aliphatic heterocycles. The van der Waals surface area contributed by atoms with E-state index in [9.17, 15) is 4.39 Å². The van der Waals surface area contributed by atoms with Gasteiger partial charge in [0.15, 0.2) is 0 Å². The van der Waals surface area contributed by atoms with Crippen LogP contribution < -0.4 is 5.32 Å². The van der Waals surface area contributed by atoms with Crippen molar-refractivity contribution in [2.24, 2.45) is 11.8 Å². The number of hydrogen-bond acceptors (Lipinski definition) is 3. The van der Waals surface area contributed by atoms with Gasteiger partial charge in [-0.15, -0.1) is 24.8 Å². The summed E-state index contributed by atoms with van der Waals surface area (Å²) >= 11 is 0. The van der Waals surface area contributed by atoms with Crippen LogP contribution in [0.15, 0.2) is 30.5 Å². The molecule has 7 heteroatoms. The van der Waals surface area contributed by atoms with Crippen molar-refractivity contribution in [1.29, 1.82) is 0 Å². The topological polar surface area (TPSA) is 44.0 Å². The number of nitrogens with zero attached hydrogens (tertiary/aromatic N) is 2. The first-order valence-corrected chi connectivity index (χ1v) is 9.51. The lowest BCUT2D eigenvalue weighted by atomic mass is 9.79. The van der Waals surface area contributed by atoms with Crippen LogP contribution in [-0.2, 0) is 6.54 Å². The molecule has 2 N–H and O–H groups in total. The molecule has 0 radical (unpaired) electrons. The monoisotopic (exact) mass is 414 g/mol. The molecule has 0 unspecified atom stereocenters. The van der Waals surface area contributed by atoms with Crippen LogP contribution in [0.5, 0.6) is 0 Å². The molecule has 2 aromatic rings. The van der Waals surface area contributed by atoms with Crippen LogP contribution in [-0.4, -0.2) is 41.3 Å². The third-order valence-corrected chi connectivity index (χ3v) is 5.93. The molecule has 2 aliphatic rings. The van der Waals surface area contributed by atoms with Crippen molar-refractivity contribution in [3.05, 3.63) is 41.8 Å². The predicted octanol–water partition coefficient (Wildman–Crippen LogP) is 4.27. The maximum atomic E-state index is 13.2. The van der Waals surface area contributed by atoms with Crippen molar-refractivity contribution < 1.29 is 4.39 Å². The van der Waals surface area contributed by atoms with Crippen LogP contribution in [0.3, 0.4) is 0 Å². The van der Waals surface area contributed by atoms with E-state index >= 15 is 0 Å². The first-order valence-electron chi connectivity index (χ1n) is 9.51. The molecule has 0 atom stereocenters. The average Bonchev–Trinajstić information content (AvgIpc) is 3.12. The zero-order valence-corrected chi connectivity index (χ0v) is 17.1. The largest absolute Gasteiger partial charge is 0.317 e. The molecule has 4 rings (SSSR count). The van der Waals surface area contributed by atoms with Gasteiger partial charge in [-0.3, -0.25) is 10.00 Å². The van der Waals surface area contributed by atoms with Gasteiger partial charge >= 0.3 is 0 Å². The minimum Gasteiger partial charge on any atom is -0.317 e. The second-order valence-corrected chi connectivity index (χ2v) is 7.48. The molecule has 150 valence electrons. The Morgan fingerprint density at radius 1 is 0.963 bits per heavy atom. The van der Waals surface area contributed by atoms with Crippen molar-refractivity contribution in [1.82, 2.24) is 20.4 Å². The lowest BCUT2D eigenvalue weighted by Crippen LogP contribution is -2.39. The molecule has 4 nitrogen and oxygen atoms in total. The van der Waals surface area contributed by atoms with E-state index in [0.717, 1.165) is 29.6 Å². The van der Waals surface area contributed by atoms with Crippen molar-refractivity contribution in [2.75, 3.05) is 26.2 Å². The van der Waals surface area contributed by atoms with Crippen LogP contribution in [0.2, 0.25) is 0 Å². The SMILES string of the molecule is Cl.Cl.Fc1ccc(-c2[nH]ncc2CN2CCC(C3CCNCC3)CC2)cc1. The highest BCUT2D eigenvalue weighted by Crippen LogP contribution is 2.32. The Bertz CT molecular complexity index is 678. The molecule has 2 saturated heterocycles. The van der Waals surface area contributed by atoms with Crippen LogP contribution in [0.1, 0.15) is 31.2 Å². The first kappa shape index (κ1) is 22.2. The van der Waals surface area contributed by atoms with Gasteiger partial charge in [0.2, 0.25) is 0 Å². The highest BCUT2D eigenvalue weighted by Gasteiger charge is 2.27. The second kappa shape index (κ2) is 10.4. The van der Waals surface area contributed by atoms with E-state index in [1.807, 2.05) is 18.3 Å². The highest BCUT2D eigenvalue weighted by molar-refractivity contribution is 5.85. The Hall–Kier alpha value is -1.14. The van der Waals surface area contributed by atoms with Gasteiger partial charge in [0.05, 0.1) is 11.9 Å². The van der Waals surface area contributed by atoms with E-state index in [1.165, 1.54) is 69.6 Å². The maximum absolute atomic E-state index is 13.2. The summed E-state index contributed by atoms with van der Waals surface area (Å²) in [6.07, 6.45) is 7.24. The van der Waals surface area contributed by atoms with E-state index < -0.39 is 0 Å². The van der Waals surface area contributed by atoms with E-state index in [2.05, 4.69) is 20.4 Å². The van der Waals surface area contributed by atoms with Crippen molar-refractivity contribution in [3.63, 3.8) is 0 Å². The summed E-state index contributed by atoms with van der Waals surface area (Å²) < 4.78 is 13.2. The third-order valence-electron chi connectivity index (χ3n) is 5.93. The van der Waals surface area contributed by atoms with E-state index in [-0.39, 0.29) is 30.6 Å². The number of H-pyrrole nitrogens is 1. The van der Waals surface area contributed by atoms with E-state index in [4.69, 9.17) is 0 Å². The predicted molar refractivity (Wildman–Crippen MR) is 112 cm³/mol. The van der Waals surface area contributed by atoms with Gasteiger partial charge in [-0.25, -0.2) is 4.39 Å². The summed E-state index contributed by atoms with van der Waals surface area (Å²) in [7, 11) is 0. The quantitative estimate of drug-likeness (QED) is 0.784. The Labute approximate surface area is 173 Å². The average molecular weight is 415 g/mol. The molecule has 1 aromatic heterocycles. The molecule has 2 fully saturated rings. The summed E-state index contributed by atoms with van der Waals surface area (Å²) in [4.78, 5) is 2.54. The molecule has 0 aliphatic carbocycles. The molecule has 0 bridgehead atoms. The summed E-state index contributed by atoms with van der Waals surface area (Å²) in [5.41, 5.74) is 3.21. The lowest BCUT2D eigenvalue weighted by molar-refractivity contribution is 0.126. The minimum atomic E-state index is -0.204.